The van der Waals surface area contributed by atoms with Crippen molar-refractivity contribution in [2.75, 3.05) is 12.4 Å². The highest BCUT2D eigenvalue weighted by Gasteiger charge is 2.17. The van der Waals surface area contributed by atoms with Crippen LogP contribution in [0.4, 0.5) is 5.69 Å². The van der Waals surface area contributed by atoms with Crippen molar-refractivity contribution in [2.45, 2.75) is 32.8 Å². The Kier molecular flexibility index (Phi) is 6.57. The molecule has 0 saturated carbocycles. The van der Waals surface area contributed by atoms with E-state index in [1.807, 2.05) is 49.4 Å². The van der Waals surface area contributed by atoms with E-state index in [1.165, 1.54) is 0 Å². The zero-order valence-corrected chi connectivity index (χ0v) is 14.7. The van der Waals surface area contributed by atoms with Gasteiger partial charge in [-0.05, 0) is 55.7 Å². The first-order valence-corrected chi connectivity index (χ1v) is 8.18. The number of carbonyl (C=O) groups is 2. The van der Waals surface area contributed by atoms with Crippen molar-refractivity contribution >= 4 is 17.6 Å². The molecule has 0 radical (unpaired) electrons. The maximum atomic E-state index is 12.1. The van der Waals surface area contributed by atoms with E-state index in [4.69, 9.17) is 9.47 Å². The zero-order valence-electron chi connectivity index (χ0n) is 14.7. The molecule has 0 spiro atoms. The van der Waals surface area contributed by atoms with Gasteiger partial charge in [-0.1, -0.05) is 24.3 Å². The highest BCUT2D eigenvalue weighted by atomic mass is 16.5. The SMILES string of the molecule is COc1ccc(CCC(=O)O[C@@H](C)C(=O)Nc2cccc(C)c2)cc1. The molecule has 132 valence electrons. The first kappa shape index (κ1) is 18.5. The fourth-order valence-electron chi connectivity index (χ4n) is 2.31. The summed E-state index contributed by atoms with van der Waals surface area (Å²) in [6.45, 7) is 3.51. The second-order valence-electron chi connectivity index (χ2n) is 5.84. The number of hydrogen-bond acceptors (Lipinski definition) is 4. The maximum absolute atomic E-state index is 12.1. The Labute approximate surface area is 148 Å². The number of esters is 1. The van der Waals surface area contributed by atoms with Gasteiger partial charge < -0.3 is 14.8 Å². The number of hydrogen-bond donors (Lipinski definition) is 1. The van der Waals surface area contributed by atoms with Crippen LogP contribution in [0.25, 0.3) is 0 Å². The molecule has 0 aliphatic heterocycles. The summed E-state index contributed by atoms with van der Waals surface area (Å²) in [6, 6.07) is 14.9. The average molecular weight is 341 g/mol. The lowest BCUT2D eigenvalue weighted by atomic mass is 10.1. The Hall–Kier alpha value is -2.82. The van der Waals surface area contributed by atoms with Crippen LogP contribution in [-0.2, 0) is 20.7 Å². The normalized spacial score (nSPS) is 11.5. The molecule has 0 saturated heterocycles. The molecule has 1 amide bonds. The van der Waals surface area contributed by atoms with Crippen molar-refractivity contribution in [1.29, 1.82) is 0 Å². The fourth-order valence-corrected chi connectivity index (χ4v) is 2.31. The van der Waals surface area contributed by atoms with Crippen molar-refractivity contribution in [3.8, 4) is 5.75 Å². The van der Waals surface area contributed by atoms with Crippen molar-refractivity contribution in [2.24, 2.45) is 0 Å². The van der Waals surface area contributed by atoms with Crippen LogP contribution in [0.3, 0.4) is 0 Å². The van der Waals surface area contributed by atoms with Gasteiger partial charge in [0, 0.05) is 12.1 Å². The zero-order chi connectivity index (χ0) is 18.2. The van der Waals surface area contributed by atoms with Crippen molar-refractivity contribution in [3.63, 3.8) is 0 Å². The molecule has 25 heavy (non-hydrogen) atoms. The molecular weight excluding hydrogens is 318 g/mol. The van der Waals surface area contributed by atoms with E-state index in [2.05, 4.69) is 5.32 Å². The molecule has 1 N–H and O–H groups in total. The Balaban J connectivity index is 1.79. The van der Waals surface area contributed by atoms with E-state index in [9.17, 15) is 9.59 Å². The predicted molar refractivity (Wildman–Crippen MR) is 96.7 cm³/mol. The van der Waals surface area contributed by atoms with Gasteiger partial charge in [-0.25, -0.2) is 0 Å². The maximum Gasteiger partial charge on any atom is 0.306 e. The number of methoxy groups -OCH3 is 1. The number of amides is 1. The van der Waals surface area contributed by atoms with Gasteiger partial charge in [0.25, 0.3) is 5.91 Å². The highest BCUT2D eigenvalue weighted by Crippen LogP contribution is 2.13. The van der Waals surface area contributed by atoms with Crippen LogP contribution in [0.5, 0.6) is 5.75 Å². The molecule has 0 aliphatic rings. The predicted octanol–water partition coefficient (Wildman–Crippen LogP) is 3.51. The third kappa shape index (κ3) is 5.95. The Bertz CT molecular complexity index is 725. The van der Waals surface area contributed by atoms with Gasteiger partial charge in [0.15, 0.2) is 6.10 Å². The lowest BCUT2D eigenvalue weighted by Gasteiger charge is -2.14. The van der Waals surface area contributed by atoms with Crippen LogP contribution in [0, 0.1) is 6.92 Å². The largest absolute Gasteiger partial charge is 0.497 e. The Morgan fingerprint density at radius 1 is 1.12 bits per heavy atom. The number of rotatable bonds is 7. The summed E-state index contributed by atoms with van der Waals surface area (Å²) in [5.41, 5.74) is 2.74. The van der Waals surface area contributed by atoms with Crippen LogP contribution >= 0.6 is 0 Å². The second kappa shape index (κ2) is 8.87. The van der Waals surface area contributed by atoms with Crippen molar-refractivity contribution < 1.29 is 19.1 Å². The highest BCUT2D eigenvalue weighted by molar-refractivity contribution is 5.95. The van der Waals surface area contributed by atoms with Gasteiger partial charge >= 0.3 is 5.97 Å². The van der Waals surface area contributed by atoms with Crippen LogP contribution in [0.2, 0.25) is 0 Å². The summed E-state index contributed by atoms with van der Waals surface area (Å²) in [7, 11) is 1.61. The minimum Gasteiger partial charge on any atom is -0.497 e. The summed E-state index contributed by atoms with van der Waals surface area (Å²) < 4.78 is 10.3. The van der Waals surface area contributed by atoms with E-state index in [0.29, 0.717) is 12.1 Å². The van der Waals surface area contributed by atoms with E-state index >= 15 is 0 Å². The van der Waals surface area contributed by atoms with Gasteiger partial charge in [-0.15, -0.1) is 0 Å². The summed E-state index contributed by atoms with van der Waals surface area (Å²) in [6.07, 6.45) is -0.0763. The number of carbonyl (C=O) groups excluding carboxylic acids is 2. The topological polar surface area (TPSA) is 64.6 Å². The third-order valence-electron chi connectivity index (χ3n) is 3.74. The summed E-state index contributed by atoms with van der Waals surface area (Å²) in [5, 5.41) is 2.74. The lowest BCUT2D eigenvalue weighted by molar-refractivity contribution is -0.153. The molecule has 0 fully saturated rings. The van der Waals surface area contributed by atoms with Gasteiger partial charge in [-0.2, -0.15) is 0 Å². The van der Waals surface area contributed by atoms with Gasteiger partial charge in [-0.3, -0.25) is 9.59 Å². The first-order valence-electron chi connectivity index (χ1n) is 8.18. The standard InChI is InChI=1S/C20H23NO4/c1-14-5-4-6-17(13-14)21-20(23)15(2)25-19(22)12-9-16-7-10-18(24-3)11-8-16/h4-8,10-11,13,15H,9,12H2,1-3H3,(H,21,23)/t15-/m0/s1. The van der Waals surface area contributed by atoms with Crippen molar-refractivity contribution in [3.05, 3.63) is 59.7 Å². The van der Waals surface area contributed by atoms with E-state index in [1.54, 1.807) is 20.1 Å². The molecule has 5 nitrogen and oxygen atoms in total. The molecule has 2 aromatic carbocycles. The summed E-state index contributed by atoms with van der Waals surface area (Å²) in [4.78, 5) is 24.0. The second-order valence-corrected chi connectivity index (χ2v) is 5.84. The van der Waals surface area contributed by atoms with E-state index < -0.39 is 12.1 Å². The molecule has 2 aromatic rings. The molecule has 1 atom stereocenters. The quantitative estimate of drug-likeness (QED) is 0.783. The van der Waals surface area contributed by atoms with Crippen molar-refractivity contribution in [1.82, 2.24) is 0 Å². The molecule has 0 aliphatic carbocycles. The molecule has 2 rings (SSSR count). The summed E-state index contributed by atoms with van der Waals surface area (Å²) >= 11 is 0. The smallest absolute Gasteiger partial charge is 0.306 e. The number of benzene rings is 2. The average Bonchev–Trinajstić information content (AvgIpc) is 2.60. The van der Waals surface area contributed by atoms with Crippen LogP contribution in [-0.4, -0.2) is 25.1 Å². The Morgan fingerprint density at radius 2 is 1.84 bits per heavy atom. The summed E-state index contributed by atoms with van der Waals surface area (Å²) in [5.74, 6) is 0.0267. The number of nitrogens with one attached hydrogen (secondary N) is 1. The minimum atomic E-state index is -0.844. The van der Waals surface area contributed by atoms with E-state index in [-0.39, 0.29) is 12.3 Å². The minimum absolute atomic E-state index is 0.217. The Morgan fingerprint density at radius 3 is 2.48 bits per heavy atom. The van der Waals surface area contributed by atoms with Crippen LogP contribution in [0.1, 0.15) is 24.5 Å². The fraction of sp³-hybridized carbons (Fsp3) is 0.300. The lowest BCUT2D eigenvalue weighted by Crippen LogP contribution is -2.30. The van der Waals surface area contributed by atoms with Crippen LogP contribution < -0.4 is 10.1 Å². The van der Waals surface area contributed by atoms with Gasteiger partial charge in [0.2, 0.25) is 0 Å². The molecule has 0 unspecified atom stereocenters. The van der Waals surface area contributed by atoms with Crippen LogP contribution in [0.15, 0.2) is 48.5 Å². The third-order valence-corrected chi connectivity index (χ3v) is 3.74. The molecule has 5 heteroatoms. The van der Waals surface area contributed by atoms with Gasteiger partial charge in [0.05, 0.1) is 7.11 Å². The molecule has 0 heterocycles. The number of anilines is 1. The first-order chi connectivity index (χ1) is 12.0. The molecular formula is C20H23NO4. The van der Waals surface area contributed by atoms with E-state index in [0.717, 1.165) is 16.9 Å². The number of ether oxygens (including phenoxy) is 2. The monoisotopic (exact) mass is 341 g/mol. The molecule has 0 aromatic heterocycles. The number of aryl methyl sites for hydroxylation is 2. The van der Waals surface area contributed by atoms with Gasteiger partial charge in [0.1, 0.15) is 5.75 Å². The molecule has 0 bridgehead atoms.